The maximum absolute atomic E-state index is 12.7. The molecule has 1 N–H and O–H groups in total. The van der Waals surface area contributed by atoms with E-state index in [4.69, 9.17) is 4.74 Å². The highest BCUT2D eigenvalue weighted by Gasteiger charge is 2.60. The summed E-state index contributed by atoms with van der Waals surface area (Å²) in [4.78, 5) is 50.8. The van der Waals surface area contributed by atoms with Crippen LogP contribution in [-0.2, 0) is 23.9 Å². The molecule has 2 fully saturated rings. The van der Waals surface area contributed by atoms with Crippen molar-refractivity contribution in [3.63, 3.8) is 0 Å². The van der Waals surface area contributed by atoms with E-state index in [0.717, 1.165) is 15.8 Å². The van der Waals surface area contributed by atoms with Gasteiger partial charge in [0.1, 0.15) is 6.04 Å². The predicted octanol–water partition coefficient (Wildman–Crippen LogP) is 2.13. The number of ether oxygens (including phenoxy) is 1. The second-order valence-electron chi connectivity index (χ2n) is 7.39. The number of nitrogens with one attached hydrogen (secondary N) is 1. The number of fused-ring (bicyclic) bond motifs is 5. The Kier molecular flexibility index (Phi) is 4.82. The Morgan fingerprint density at radius 1 is 1.14 bits per heavy atom. The van der Waals surface area contributed by atoms with Crippen LogP contribution in [0.3, 0.4) is 0 Å². The zero-order chi connectivity index (χ0) is 20.0. The molecule has 1 aromatic rings. The van der Waals surface area contributed by atoms with Crippen molar-refractivity contribution < 1.29 is 23.9 Å². The van der Waals surface area contributed by atoms with Gasteiger partial charge in [-0.3, -0.25) is 19.3 Å². The number of imide groups is 1. The van der Waals surface area contributed by atoms with Gasteiger partial charge in [-0.25, -0.2) is 4.79 Å². The van der Waals surface area contributed by atoms with Crippen LogP contribution in [0.5, 0.6) is 0 Å². The van der Waals surface area contributed by atoms with Gasteiger partial charge in [-0.05, 0) is 49.4 Å². The molecular weight excluding hydrogens is 428 g/mol. The van der Waals surface area contributed by atoms with Crippen LogP contribution in [0.4, 0.5) is 5.69 Å². The number of rotatable bonds is 5. The molecular formula is C20H19BrN2O5. The van der Waals surface area contributed by atoms with Crippen molar-refractivity contribution in [3.8, 4) is 0 Å². The molecule has 0 radical (unpaired) electrons. The standard InChI is InChI=1S/C20H19BrN2O5/c1-10(20(27)28-9-15(24)22-14-6-4-13(21)5-7-14)23-18(25)16-11-2-3-12(8-11)17(16)19(23)26/h2-7,10-12,16-17H,8-9H2,1H3,(H,22,24)/t10-,11-,12-,16-,17+/m0/s1. The molecule has 1 saturated heterocycles. The summed E-state index contributed by atoms with van der Waals surface area (Å²) in [6, 6.07) is 5.90. The summed E-state index contributed by atoms with van der Waals surface area (Å²) >= 11 is 3.30. The SMILES string of the molecule is C[C@@H](C(=O)OCC(=O)Nc1ccc(Br)cc1)N1C(=O)[C@@H]2[C@H](C1=O)[C@H]1C=C[C@H]2C1. The molecule has 3 aliphatic rings. The molecule has 1 aliphatic heterocycles. The Bertz CT molecular complexity index is 851. The van der Waals surface area contributed by atoms with Crippen LogP contribution < -0.4 is 5.32 Å². The van der Waals surface area contributed by atoms with Gasteiger partial charge in [0.2, 0.25) is 11.8 Å². The Morgan fingerprint density at radius 3 is 2.29 bits per heavy atom. The second-order valence-corrected chi connectivity index (χ2v) is 8.30. The highest BCUT2D eigenvalue weighted by molar-refractivity contribution is 9.10. The molecule has 4 rings (SSSR count). The molecule has 28 heavy (non-hydrogen) atoms. The molecule has 1 heterocycles. The highest BCUT2D eigenvalue weighted by Crippen LogP contribution is 2.52. The number of benzene rings is 1. The zero-order valence-corrected chi connectivity index (χ0v) is 16.7. The fourth-order valence-corrected chi connectivity index (χ4v) is 4.66. The number of amides is 3. The largest absolute Gasteiger partial charge is 0.454 e. The number of hydrogen-bond donors (Lipinski definition) is 1. The average Bonchev–Trinajstić information content (AvgIpc) is 3.35. The van der Waals surface area contributed by atoms with Crippen LogP contribution in [0.15, 0.2) is 40.9 Å². The molecule has 2 bridgehead atoms. The lowest BCUT2D eigenvalue weighted by Crippen LogP contribution is -2.45. The monoisotopic (exact) mass is 446 g/mol. The third-order valence-electron chi connectivity index (χ3n) is 5.71. The number of hydrogen-bond acceptors (Lipinski definition) is 5. The molecule has 7 nitrogen and oxygen atoms in total. The molecule has 0 unspecified atom stereocenters. The van der Waals surface area contributed by atoms with Gasteiger partial charge in [0.25, 0.3) is 5.91 Å². The number of halogens is 1. The molecule has 3 amide bonds. The van der Waals surface area contributed by atoms with Crippen LogP contribution in [0.1, 0.15) is 13.3 Å². The number of carbonyl (C=O) groups excluding carboxylic acids is 4. The fraction of sp³-hybridized carbons (Fsp3) is 0.400. The summed E-state index contributed by atoms with van der Waals surface area (Å²) in [7, 11) is 0. The molecule has 1 saturated carbocycles. The highest BCUT2D eigenvalue weighted by atomic mass is 79.9. The summed E-state index contributed by atoms with van der Waals surface area (Å²) in [6.45, 7) is 0.969. The average molecular weight is 447 g/mol. The minimum absolute atomic E-state index is 0.0800. The van der Waals surface area contributed by atoms with Crippen LogP contribution in [0.25, 0.3) is 0 Å². The summed E-state index contributed by atoms with van der Waals surface area (Å²) in [6.07, 6.45) is 4.82. The van der Waals surface area contributed by atoms with Gasteiger partial charge in [-0.1, -0.05) is 28.1 Å². The molecule has 0 spiro atoms. The quantitative estimate of drug-likeness (QED) is 0.424. The smallest absolute Gasteiger partial charge is 0.329 e. The molecule has 5 atom stereocenters. The van der Waals surface area contributed by atoms with Gasteiger partial charge >= 0.3 is 5.97 Å². The van der Waals surface area contributed by atoms with Crippen LogP contribution in [0, 0.1) is 23.7 Å². The minimum atomic E-state index is -1.05. The van der Waals surface area contributed by atoms with E-state index >= 15 is 0 Å². The number of allylic oxidation sites excluding steroid dienone is 2. The lowest BCUT2D eigenvalue weighted by Gasteiger charge is -2.23. The molecule has 1 aromatic carbocycles. The van der Waals surface area contributed by atoms with E-state index in [1.165, 1.54) is 6.92 Å². The van der Waals surface area contributed by atoms with Crippen LogP contribution >= 0.6 is 15.9 Å². The van der Waals surface area contributed by atoms with Gasteiger partial charge in [-0.2, -0.15) is 0 Å². The van der Waals surface area contributed by atoms with E-state index in [9.17, 15) is 19.2 Å². The fourth-order valence-electron chi connectivity index (χ4n) is 4.40. The Morgan fingerprint density at radius 2 is 1.71 bits per heavy atom. The summed E-state index contributed by atoms with van der Waals surface area (Å²) in [5.41, 5.74) is 0.568. The van der Waals surface area contributed by atoms with Crippen molar-refractivity contribution in [2.24, 2.45) is 23.7 Å². The molecule has 146 valence electrons. The van der Waals surface area contributed by atoms with Gasteiger partial charge in [0.05, 0.1) is 11.8 Å². The second kappa shape index (κ2) is 7.16. The number of likely N-dealkylation sites (tertiary alicyclic amines) is 1. The van der Waals surface area contributed by atoms with E-state index in [1.54, 1.807) is 24.3 Å². The molecule has 0 aromatic heterocycles. The van der Waals surface area contributed by atoms with E-state index < -0.39 is 24.5 Å². The normalized spacial score (nSPS) is 28.4. The molecule has 2 aliphatic carbocycles. The van der Waals surface area contributed by atoms with Crippen molar-refractivity contribution in [3.05, 3.63) is 40.9 Å². The van der Waals surface area contributed by atoms with Crippen molar-refractivity contribution in [1.82, 2.24) is 4.90 Å². The number of anilines is 1. The lowest BCUT2D eigenvalue weighted by atomic mass is 9.85. The number of carbonyl (C=O) groups is 4. The Balaban J connectivity index is 1.34. The predicted molar refractivity (Wildman–Crippen MR) is 103 cm³/mol. The van der Waals surface area contributed by atoms with Gasteiger partial charge in [0, 0.05) is 10.2 Å². The van der Waals surface area contributed by atoms with Crippen molar-refractivity contribution >= 4 is 45.3 Å². The van der Waals surface area contributed by atoms with Crippen molar-refractivity contribution in [2.45, 2.75) is 19.4 Å². The summed E-state index contributed by atoms with van der Waals surface area (Å²) in [5.74, 6) is -2.45. The zero-order valence-electron chi connectivity index (χ0n) is 15.1. The minimum Gasteiger partial charge on any atom is -0.454 e. The van der Waals surface area contributed by atoms with Crippen LogP contribution in [-0.4, -0.2) is 41.2 Å². The lowest BCUT2D eigenvalue weighted by molar-refractivity contribution is -0.159. The third kappa shape index (κ3) is 3.15. The first-order valence-corrected chi connectivity index (χ1v) is 9.93. The maximum atomic E-state index is 12.7. The first kappa shape index (κ1) is 18.9. The molecule has 8 heteroatoms. The maximum Gasteiger partial charge on any atom is 0.329 e. The van der Waals surface area contributed by atoms with Gasteiger partial charge in [-0.15, -0.1) is 0 Å². The van der Waals surface area contributed by atoms with Gasteiger partial charge < -0.3 is 10.1 Å². The van der Waals surface area contributed by atoms with Crippen molar-refractivity contribution in [2.75, 3.05) is 11.9 Å². The summed E-state index contributed by atoms with van der Waals surface area (Å²) in [5, 5.41) is 2.61. The number of nitrogens with zero attached hydrogens (tertiary/aromatic N) is 1. The van der Waals surface area contributed by atoms with Gasteiger partial charge in [0.15, 0.2) is 6.61 Å². The van der Waals surface area contributed by atoms with E-state index in [0.29, 0.717) is 5.69 Å². The summed E-state index contributed by atoms with van der Waals surface area (Å²) < 4.78 is 5.91. The van der Waals surface area contributed by atoms with E-state index in [-0.39, 0.29) is 35.5 Å². The van der Waals surface area contributed by atoms with E-state index in [2.05, 4.69) is 21.2 Å². The third-order valence-corrected chi connectivity index (χ3v) is 6.24. The Labute approximate surface area is 170 Å². The first-order chi connectivity index (χ1) is 13.4. The number of esters is 1. The first-order valence-electron chi connectivity index (χ1n) is 9.14. The van der Waals surface area contributed by atoms with Crippen molar-refractivity contribution in [1.29, 1.82) is 0 Å². The topological polar surface area (TPSA) is 92.8 Å². The Hall–Kier alpha value is -2.48. The van der Waals surface area contributed by atoms with E-state index in [1.807, 2.05) is 12.2 Å². The van der Waals surface area contributed by atoms with Crippen LogP contribution in [0.2, 0.25) is 0 Å².